The van der Waals surface area contributed by atoms with Crippen LogP contribution in [0.15, 0.2) is 12.5 Å². The smallest absolute Gasteiger partial charge is 0.0921 e. The first-order valence-corrected chi connectivity index (χ1v) is 3.63. The summed E-state index contributed by atoms with van der Waals surface area (Å²) >= 11 is 0. The molecule has 3 nitrogen and oxygen atoms in total. The Morgan fingerprint density at radius 1 is 1.60 bits per heavy atom. The van der Waals surface area contributed by atoms with Crippen LogP contribution in [0, 0.1) is 5.92 Å². The number of nitrogens with zero attached hydrogens (tertiary/aromatic N) is 1. The lowest BCUT2D eigenvalue weighted by Crippen LogP contribution is -2.43. The van der Waals surface area contributed by atoms with Crippen LogP contribution >= 0.6 is 0 Å². The van der Waals surface area contributed by atoms with Gasteiger partial charge in [-0.1, -0.05) is 0 Å². The van der Waals surface area contributed by atoms with E-state index in [4.69, 9.17) is 0 Å². The van der Waals surface area contributed by atoms with Gasteiger partial charge in [0.15, 0.2) is 0 Å². The first-order valence-electron chi connectivity index (χ1n) is 3.63. The molecule has 0 amide bonds. The minimum absolute atomic E-state index is 0.834. The van der Waals surface area contributed by atoms with Crippen LogP contribution in [0.3, 0.4) is 0 Å². The fourth-order valence-electron chi connectivity index (χ4n) is 1.20. The van der Waals surface area contributed by atoms with Gasteiger partial charge in [-0.05, 0) is 25.4 Å². The van der Waals surface area contributed by atoms with Crippen molar-refractivity contribution in [2.75, 3.05) is 13.1 Å². The molecule has 1 aliphatic rings. The molecule has 0 saturated carbocycles. The number of aromatic amines is 1. The van der Waals surface area contributed by atoms with Crippen molar-refractivity contribution in [2.45, 2.75) is 6.42 Å². The topological polar surface area (TPSA) is 40.7 Å². The van der Waals surface area contributed by atoms with Crippen molar-refractivity contribution in [1.29, 1.82) is 0 Å². The molecular formula is C7H11N3. The number of hydrogen-bond acceptors (Lipinski definition) is 2. The summed E-state index contributed by atoms with van der Waals surface area (Å²) in [6, 6.07) is 0. The Morgan fingerprint density at radius 2 is 2.50 bits per heavy atom. The summed E-state index contributed by atoms with van der Waals surface area (Å²) in [6.07, 6.45) is 4.78. The highest BCUT2D eigenvalue weighted by molar-refractivity contribution is 4.98. The van der Waals surface area contributed by atoms with E-state index in [2.05, 4.69) is 15.3 Å². The van der Waals surface area contributed by atoms with Crippen molar-refractivity contribution in [2.24, 2.45) is 5.92 Å². The number of H-pyrrole nitrogens is 1. The van der Waals surface area contributed by atoms with Gasteiger partial charge in [-0.25, -0.2) is 4.98 Å². The van der Waals surface area contributed by atoms with Crippen LogP contribution in [0.25, 0.3) is 0 Å². The van der Waals surface area contributed by atoms with Crippen LogP contribution in [-0.4, -0.2) is 23.1 Å². The van der Waals surface area contributed by atoms with E-state index in [-0.39, 0.29) is 0 Å². The SMILES string of the molecule is c1ncc(CC2CNC2)[nH]1. The lowest BCUT2D eigenvalue weighted by atomic mass is 9.98. The zero-order chi connectivity index (χ0) is 6.81. The fourth-order valence-corrected chi connectivity index (χ4v) is 1.20. The number of rotatable bonds is 2. The summed E-state index contributed by atoms with van der Waals surface area (Å²) in [5, 5.41) is 3.24. The van der Waals surface area contributed by atoms with Gasteiger partial charge in [0.05, 0.1) is 6.33 Å². The Hall–Kier alpha value is -0.830. The first-order chi connectivity index (χ1) is 4.95. The van der Waals surface area contributed by atoms with Crippen LogP contribution in [0.1, 0.15) is 5.69 Å². The molecule has 1 aliphatic heterocycles. The average Bonchev–Trinajstić information content (AvgIpc) is 2.29. The summed E-state index contributed by atoms with van der Waals surface area (Å²) in [7, 11) is 0. The third kappa shape index (κ3) is 1.04. The van der Waals surface area contributed by atoms with Crippen LogP contribution in [-0.2, 0) is 6.42 Å². The number of nitrogens with one attached hydrogen (secondary N) is 2. The lowest BCUT2D eigenvalue weighted by molar-refractivity contribution is 0.344. The van der Waals surface area contributed by atoms with Gasteiger partial charge >= 0.3 is 0 Å². The van der Waals surface area contributed by atoms with E-state index < -0.39 is 0 Å². The molecule has 1 aromatic rings. The van der Waals surface area contributed by atoms with Gasteiger partial charge in [-0.2, -0.15) is 0 Å². The zero-order valence-electron chi connectivity index (χ0n) is 5.80. The summed E-state index contributed by atoms with van der Waals surface area (Å²) in [5.41, 5.74) is 1.26. The maximum absolute atomic E-state index is 3.96. The molecule has 1 aromatic heterocycles. The molecule has 0 spiro atoms. The van der Waals surface area contributed by atoms with E-state index in [1.54, 1.807) is 6.33 Å². The molecule has 1 fully saturated rings. The first kappa shape index (κ1) is 5.92. The molecule has 2 heterocycles. The van der Waals surface area contributed by atoms with Crippen molar-refractivity contribution in [1.82, 2.24) is 15.3 Å². The van der Waals surface area contributed by atoms with E-state index in [1.807, 2.05) is 6.20 Å². The lowest BCUT2D eigenvalue weighted by Gasteiger charge is -2.26. The van der Waals surface area contributed by atoms with Gasteiger partial charge in [0.25, 0.3) is 0 Å². The summed E-state index contributed by atoms with van der Waals surface area (Å²) < 4.78 is 0. The van der Waals surface area contributed by atoms with Crippen molar-refractivity contribution in [3.63, 3.8) is 0 Å². The molecule has 2 N–H and O–H groups in total. The quantitative estimate of drug-likeness (QED) is 0.610. The second-order valence-corrected chi connectivity index (χ2v) is 2.81. The molecule has 0 bridgehead atoms. The molecule has 10 heavy (non-hydrogen) atoms. The predicted molar refractivity (Wildman–Crippen MR) is 38.7 cm³/mol. The van der Waals surface area contributed by atoms with Gasteiger partial charge in [0, 0.05) is 11.9 Å². The van der Waals surface area contributed by atoms with Crippen LogP contribution in [0.4, 0.5) is 0 Å². The monoisotopic (exact) mass is 137 g/mol. The second kappa shape index (κ2) is 2.42. The van der Waals surface area contributed by atoms with Crippen LogP contribution < -0.4 is 5.32 Å². The van der Waals surface area contributed by atoms with Crippen LogP contribution in [0.2, 0.25) is 0 Å². The molecule has 54 valence electrons. The molecule has 0 radical (unpaired) electrons. The highest BCUT2D eigenvalue weighted by Gasteiger charge is 2.16. The maximum Gasteiger partial charge on any atom is 0.0921 e. The normalized spacial score (nSPS) is 18.8. The Kier molecular flexibility index (Phi) is 1.43. The third-order valence-corrected chi connectivity index (χ3v) is 1.93. The number of aromatic nitrogens is 2. The van der Waals surface area contributed by atoms with Crippen molar-refractivity contribution in [3.8, 4) is 0 Å². The fraction of sp³-hybridized carbons (Fsp3) is 0.571. The van der Waals surface area contributed by atoms with Gasteiger partial charge < -0.3 is 10.3 Å². The molecule has 1 saturated heterocycles. The Labute approximate surface area is 59.9 Å². The van der Waals surface area contributed by atoms with E-state index >= 15 is 0 Å². The standard InChI is InChI=1S/C7H11N3/c1(6-2-8-3-6)7-4-9-5-10-7/h4-6,8H,1-3H2,(H,9,10). The second-order valence-electron chi connectivity index (χ2n) is 2.81. The summed E-state index contributed by atoms with van der Waals surface area (Å²) in [5.74, 6) is 0.834. The van der Waals surface area contributed by atoms with E-state index in [9.17, 15) is 0 Å². The molecule has 2 rings (SSSR count). The number of imidazole rings is 1. The third-order valence-electron chi connectivity index (χ3n) is 1.93. The Bertz CT molecular complexity index is 189. The van der Waals surface area contributed by atoms with E-state index in [0.29, 0.717) is 0 Å². The molecule has 0 atom stereocenters. The average molecular weight is 137 g/mol. The van der Waals surface area contributed by atoms with Gasteiger partial charge in [-0.15, -0.1) is 0 Å². The summed E-state index contributed by atoms with van der Waals surface area (Å²) in [4.78, 5) is 7.06. The maximum atomic E-state index is 3.96. The van der Waals surface area contributed by atoms with Gasteiger partial charge in [0.2, 0.25) is 0 Å². The predicted octanol–water partition coefficient (Wildman–Crippen LogP) is 0.172. The molecular weight excluding hydrogens is 126 g/mol. The minimum atomic E-state index is 0.834. The molecule has 0 aliphatic carbocycles. The molecule has 0 aromatic carbocycles. The highest BCUT2D eigenvalue weighted by Crippen LogP contribution is 2.08. The summed E-state index contributed by atoms with van der Waals surface area (Å²) in [6.45, 7) is 2.33. The Morgan fingerprint density at radius 3 is 3.00 bits per heavy atom. The highest BCUT2D eigenvalue weighted by atomic mass is 15.0. The van der Waals surface area contributed by atoms with E-state index in [1.165, 1.54) is 18.8 Å². The van der Waals surface area contributed by atoms with Crippen molar-refractivity contribution in [3.05, 3.63) is 18.2 Å². The largest absolute Gasteiger partial charge is 0.348 e. The van der Waals surface area contributed by atoms with Crippen molar-refractivity contribution >= 4 is 0 Å². The van der Waals surface area contributed by atoms with Gasteiger partial charge in [0.1, 0.15) is 0 Å². The number of hydrogen-bond donors (Lipinski definition) is 2. The molecule has 3 heteroatoms. The Balaban J connectivity index is 1.90. The molecule has 0 unspecified atom stereocenters. The van der Waals surface area contributed by atoms with Crippen LogP contribution in [0.5, 0.6) is 0 Å². The zero-order valence-corrected chi connectivity index (χ0v) is 5.80. The van der Waals surface area contributed by atoms with E-state index in [0.717, 1.165) is 12.3 Å². The van der Waals surface area contributed by atoms with Gasteiger partial charge in [-0.3, -0.25) is 0 Å². The minimum Gasteiger partial charge on any atom is -0.348 e. The van der Waals surface area contributed by atoms with Crippen molar-refractivity contribution < 1.29 is 0 Å².